The number of rotatable bonds is 3. The molecule has 1 amide bonds. The van der Waals surface area contributed by atoms with Gasteiger partial charge in [0.1, 0.15) is 0 Å². The Kier molecular flexibility index (Phi) is 3.83. The van der Waals surface area contributed by atoms with E-state index in [0.717, 1.165) is 24.2 Å². The van der Waals surface area contributed by atoms with E-state index >= 15 is 0 Å². The highest BCUT2D eigenvalue weighted by Gasteiger charge is 2.24. The summed E-state index contributed by atoms with van der Waals surface area (Å²) in [4.78, 5) is 24.0. The molecule has 3 rings (SSSR count). The van der Waals surface area contributed by atoms with Gasteiger partial charge in [-0.25, -0.2) is 0 Å². The molecular formula is C16H20N2O2. The number of ketones is 1. The summed E-state index contributed by atoms with van der Waals surface area (Å²) in [7, 11) is 0. The van der Waals surface area contributed by atoms with E-state index in [4.69, 9.17) is 0 Å². The van der Waals surface area contributed by atoms with Crippen LogP contribution in [0.25, 0.3) is 0 Å². The molecule has 1 unspecified atom stereocenters. The molecule has 1 saturated heterocycles. The van der Waals surface area contributed by atoms with Gasteiger partial charge in [0.15, 0.2) is 5.78 Å². The van der Waals surface area contributed by atoms with Crippen LogP contribution >= 0.6 is 0 Å². The van der Waals surface area contributed by atoms with Gasteiger partial charge in [0.2, 0.25) is 0 Å². The van der Waals surface area contributed by atoms with Crippen molar-refractivity contribution in [3.8, 4) is 0 Å². The van der Waals surface area contributed by atoms with Crippen LogP contribution in [0, 0.1) is 5.92 Å². The number of fused-ring (bicyclic) bond motifs is 1. The maximum absolute atomic E-state index is 12.3. The van der Waals surface area contributed by atoms with Gasteiger partial charge < -0.3 is 10.6 Å². The Bertz CT molecular complexity index is 533. The van der Waals surface area contributed by atoms with E-state index in [2.05, 4.69) is 10.6 Å². The second-order valence-corrected chi connectivity index (χ2v) is 5.68. The lowest BCUT2D eigenvalue weighted by molar-refractivity contribution is 0.0943. The molecule has 1 aromatic rings. The highest BCUT2D eigenvalue weighted by Crippen LogP contribution is 2.25. The highest BCUT2D eigenvalue weighted by molar-refractivity contribution is 6.05. The van der Waals surface area contributed by atoms with Crippen LogP contribution in [0.3, 0.4) is 0 Å². The number of piperidine rings is 1. The Labute approximate surface area is 118 Å². The van der Waals surface area contributed by atoms with Crippen LogP contribution in [-0.4, -0.2) is 31.3 Å². The zero-order chi connectivity index (χ0) is 13.9. The molecule has 1 aliphatic heterocycles. The standard InChI is InChI=1S/C16H20N2O2/c19-15-7-6-12-13(15)4-1-5-14(12)16(20)18-10-11-3-2-8-17-9-11/h1,4-5,11,17H,2-3,6-10H2,(H,18,20). The molecule has 4 heteroatoms. The summed E-state index contributed by atoms with van der Waals surface area (Å²) < 4.78 is 0. The van der Waals surface area contributed by atoms with Gasteiger partial charge in [-0.15, -0.1) is 0 Å². The van der Waals surface area contributed by atoms with Crippen molar-refractivity contribution in [2.75, 3.05) is 19.6 Å². The summed E-state index contributed by atoms with van der Waals surface area (Å²) in [5.74, 6) is 0.638. The SMILES string of the molecule is O=C1CCc2c1cccc2C(=O)NCC1CCCNC1. The Morgan fingerprint density at radius 1 is 1.35 bits per heavy atom. The minimum absolute atomic E-state index is 0.0397. The Morgan fingerprint density at radius 2 is 2.25 bits per heavy atom. The first kappa shape index (κ1) is 13.3. The fourth-order valence-corrected chi connectivity index (χ4v) is 3.13. The van der Waals surface area contributed by atoms with Crippen LogP contribution in [0.2, 0.25) is 0 Å². The number of amides is 1. The van der Waals surface area contributed by atoms with Gasteiger partial charge >= 0.3 is 0 Å². The van der Waals surface area contributed by atoms with E-state index in [1.54, 1.807) is 6.07 Å². The predicted molar refractivity (Wildman–Crippen MR) is 77.0 cm³/mol. The fourth-order valence-electron chi connectivity index (χ4n) is 3.13. The van der Waals surface area contributed by atoms with E-state index in [9.17, 15) is 9.59 Å². The predicted octanol–water partition coefficient (Wildman–Crippen LogP) is 1.54. The molecular weight excluding hydrogens is 252 g/mol. The summed E-state index contributed by atoms with van der Waals surface area (Å²) in [6.45, 7) is 2.77. The largest absolute Gasteiger partial charge is 0.352 e. The molecule has 1 aromatic carbocycles. The van der Waals surface area contributed by atoms with Crippen molar-refractivity contribution in [2.24, 2.45) is 5.92 Å². The van der Waals surface area contributed by atoms with E-state index in [1.165, 1.54) is 12.8 Å². The van der Waals surface area contributed by atoms with Crippen molar-refractivity contribution < 1.29 is 9.59 Å². The normalized spacial score (nSPS) is 21.6. The Hall–Kier alpha value is -1.68. The highest BCUT2D eigenvalue weighted by atomic mass is 16.1. The van der Waals surface area contributed by atoms with Crippen LogP contribution in [-0.2, 0) is 6.42 Å². The minimum atomic E-state index is -0.0397. The van der Waals surface area contributed by atoms with Crippen molar-refractivity contribution >= 4 is 11.7 Å². The third-order valence-corrected chi connectivity index (χ3v) is 4.27. The summed E-state index contributed by atoms with van der Waals surface area (Å²) in [6, 6.07) is 5.46. The molecule has 1 fully saturated rings. The van der Waals surface area contributed by atoms with Gasteiger partial charge in [-0.05, 0) is 49.9 Å². The van der Waals surface area contributed by atoms with Gasteiger partial charge in [0, 0.05) is 24.1 Å². The van der Waals surface area contributed by atoms with Crippen molar-refractivity contribution in [3.63, 3.8) is 0 Å². The first-order valence-corrected chi connectivity index (χ1v) is 7.39. The van der Waals surface area contributed by atoms with Crippen molar-refractivity contribution in [1.82, 2.24) is 10.6 Å². The third-order valence-electron chi connectivity index (χ3n) is 4.27. The van der Waals surface area contributed by atoms with Gasteiger partial charge in [-0.2, -0.15) is 0 Å². The van der Waals surface area contributed by atoms with Crippen LogP contribution in [0.1, 0.15) is 45.5 Å². The van der Waals surface area contributed by atoms with E-state index in [-0.39, 0.29) is 11.7 Å². The second-order valence-electron chi connectivity index (χ2n) is 5.68. The van der Waals surface area contributed by atoms with Crippen molar-refractivity contribution in [2.45, 2.75) is 25.7 Å². The van der Waals surface area contributed by atoms with E-state index in [0.29, 0.717) is 30.9 Å². The number of nitrogens with one attached hydrogen (secondary N) is 2. The smallest absolute Gasteiger partial charge is 0.251 e. The van der Waals surface area contributed by atoms with Crippen molar-refractivity contribution in [3.05, 3.63) is 34.9 Å². The quantitative estimate of drug-likeness (QED) is 0.877. The minimum Gasteiger partial charge on any atom is -0.352 e. The van der Waals surface area contributed by atoms with Crippen LogP contribution in [0.15, 0.2) is 18.2 Å². The Balaban J connectivity index is 1.67. The number of benzene rings is 1. The summed E-state index contributed by atoms with van der Waals surface area (Å²) in [5, 5.41) is 6.37. The molecule has 4 nitrogen and oxygen atoms in total. The number of carbonyl (C=O) groups excluding carboxylic acids is 2. The zero-order valence-electron chi connectivity index (χ0n) is 11.6. The molecule has 2 aliphatic rings. The maximum atomic E-state index is 12.3. The molecule has 0 bridgehead atoms. The van der Waals surface area contributed by atoms with Gasteiger partial charge in [0.25, 0.3) is 5.91 Å². The lowest BCUT2D eigenvalue weighted by atomic mass is 9.99. The Morgan fingerprint density at radius 3 is 3.05 bits per heavy atom. The molecule has 0 spiro atoms. The van der Waals surface area contributed by atoms with Gasteiger partial charge in [0.05, 0.1) is 0 Å². The summed E-state index contributed by atoms with van der Waals surface area (Å²) in [5.41, 5.74) is 2.34. The monoisotopic (exact) mass is 272 g/mol. The second kappa shape index (κ2) is 5.75. The molecule has 0 saturated carbocycles. The average Bonchev–Trinajstić information content (AvgIpc) is 2.87. The molecule has 1 aliphatic carbocycles. The van der Waals surface area contributed by atoms with E-state index in [1.807, 2.05) is 12.1 Å². The van der Waals surface area contributed by atoms with Crippen LogP contribution in [0.5, 0.6) is 0 Å². The first-order chi connectivity index (χ1) is 9.75. The maximum Gasteiger partial charge on any atom is 0.251 e. The van der Waals surface area contributed by atoms with Crippen LogP contribution in [0.4, 0.5) is 0 Å². The zero-order valence-corrected chi connectivity index (χ0v) is 11.6. The topological polar surface area (TPSA) is 58.2 Å². The van der Waals surface area contributed by atoms with Gasteiger partial charge in [-0.1, -0.05) is 12.1 Å². The lowest BCUT2D eigenvalue weighted by Crippen LogP contribution is -2.38. The molecule has 0 radical (unpaired) electrons. The third kappa shape index (κ3) is 2.61. The van der Waals surface area contributed by atoms with E-state index < -0.39 is 0 Å². The molecule has 2 N–H and O–H groups in total. The number of carbonyl (C=O) groups is 2. The molecule has 1 atom stereocenters. The number of Topliss-reactive ketones (excluding diaryl/α,β-unsaturated/α-hetero) is 1. The molecule has 1 heterocycles. The fraction of sp³-hybridized carbons (Fsp3) is 0.500. The van der Waals surface area contributed by atoms with Crippen LogP contribution < -0.4 is 10.6 Å². The number of hydrogen-bond acceptors (Lipinski definition) is 3. The molecule has 20 heavy (non-hydrogen) atoms. The lowest BCUT2D eigenvalue weighted by Gasteiger charge is -2.23. The summed E-state index contributed by atoms with van der Waals surface area (Å²) in [6.07, 6.45) is 3.57. The van der Waals surface area contributed by atoms with Crippen molar-refractivity contribution in [1.29, 1.82) is 0 Å². The number of hydrogen-bond donors (Lipinski definition) is 2. The molecule has 0 aromatic heterocycles. The molecule has 106 valence electrons. The summed E-state index contributed by atoms with van der Waals surface area (Å²) >= 11 is 0. The van der Waals surface area contributed by atoms with Gasteiger partial charge in [-0.3, -0.25) is 9.59 Å². The average molecular weight is 272 g/mol. The first-order valence-electron chi connectivity index (χ1n) is 7.39.